The van der Waals surface area contributed by atoms with Gasteiger partial charge in [0.2, 0.25) is 5.91 Å². The van der Waals surface area contributed by atoms with Gasteiger partial charge in [-0.25, -0.2) is 0 Å². The van der Waals surface area contributed by atoms with Gasteiger partial charge in [-0.05, 0) is 62.2 Å². The lowest BCUT2D eigenvalue weighted by molar-refractivity contribution is -0.121. The van der Waals surface area contributed by atoms with Crippen molar-refractivity contribution in [3.8, 4) is 28.6 Å². The molecular weight excluding hydrogens is 436 g/mol. The highest BCUT2D eigenvalue weighted by atomic mass is 16.5. The fourth-order valence-electron chi connectivity index (χ4n) is 3.32. The van der Waals surface area contributed by atoms with Crippen molar-refractivity contribution in [2.75, 3.05) is 20.8 Å². The fraction of sp³-hybridized carbons (Fsp3) is 0.360. The number of benzene rings is 2. The SMILES string of the molecule is COc1ccc(CCNC(=O)CCc2nnc(-c3ccc(OC(C)C)cc3)[nH]c2=O)cc1OC. The molecule has 3 rings (SSSR count). The first-order valence-electron chi connectivity index (χ1n) is 11.1. The molecule has 1 amide bonds. The monoisotopic (exact) mass is 466 g/mol. The van der Waals surface area contributed by atoms with Crippen molar-refractivity contribution in [1.29, 1.82) is 0 Å². The summed E-state index contributed by atoms with van der Waals surface area (Å²) in [4.78, 5) is 27.4. The second-order valence-corrected chi connectivity index (χ2v) is 7.93. The number of amides is 1. The van der Waals surface area contributed by atoms with E-state index in [1.807, 2.05) is 56.3 Å². The van der Waals surface area contributed by atoms with Crippen molar-refractivity contribution >= 4 is 5.91 Å². The second-order valence-electron chi connectivity index (χ2n) is 7.93. The third kappa shape index (κ3) is 6.81. The van der Waals surface area contributed by atoms with E-state index in [1.165, 1.54) is 0 Å². The van der Waals surface area contributed by atoms with Crippen LogP contribution in [0.3, 0.4) is 0 Å². The minimum Gasteiger partial charge on any atom is -0.493 e. The van der Waals surface area contributed by atoms with Gasteiger partial charge in [-0.15, -0.1) is 10.2 Å². The van der Waals surface area contributed by atoms with E-state index in [1.54, 1.807) is 14.2 Å². The Morgan fingerprint density at radius 1 is 1.00 bits per heavy atom. The van der Waals surface area contributed by atoms with Gasteiger partial charge in [0.1, 0.15) is 11.4 Å². The maximum absolute atomic E-state index is 12.4. The number of aromatic nitrogens is 3. The van der Waals surface area contributed by atoms with Crippen molar-refractivity contribution in [3.63, 3.8) is 0 Å². The van der Waals surface area contributed by atoms with Crippen LogP contribution in [0.4, 0.5) is 0 Å². The van der Waals surface area contributed by atoms with Crippen LogP contribution in [0.5, 0.6) is 17.2 Å². The highest BCUT2D eigenvalue weighted by Crippen LogP contribution is 2.27. The molecule has 0 unspecified atom stereocenters. The third-order valence-corrected chi connectivity index (χ3v) is 5.04. The molecule has 0 radical (unpaired) electrons. The summed E-state index contributed by atoms with van der Waals surface area (Å²) in [7, 11) is 3.17. The lowest BCUT2D eigenvalue weighted by atomic mass is 10.1. The standard InChI is InChI=1S/C25H30N4O5/c1-16(2)34-19-8-6-18(7-9-19)24-27-25(31)20(28-29-24)10-12-23(30)26-14-13-17-5-11-21(32-3)22(15-17)33-4/h5-9,11,15-16H,10,12-14H2,1-4H3,(H,26,30)(H,27,29,31). The van der Waals surface area contributed by atoms with E-state index in [0.717, 1.165) is 16.9 Å². The van der Waals surface area contributed by atoms with Crippen LogP contribution >= 0.6 is 0 Å². The first-order chi connectivity index (χ1) is 16.4. The number of nitrogens with one attached hydrogen (secondary N) is 2. The number of aryl methyl sites for hydroxylation is 1. The van der Waals surface area contributed by atoms with Gasteiger partial charge in [0.15, 0.2) is 17.3 Å². The van der Waals surface area contributed by atoms with Crippen LogP contribution in [0.25, 0.3) is 11.4 Å². The predicted octanol–water partition coefficient (Wildman–Crippen LogP) is 2.93. The van der Waals surface area contributed by atoms with Crippen LogP contribution in [-0.4, -0.2) is 48.0 Å². The largest absolute Gasteiger partial charge is 0.493 e. The number of nitrogens with zero attached hydrogens (tertiary/aromatic N) is 2. The zero-order chi connectivity index (χ0) is 24.5. The van der Waals surface area contributed by atoms with Gasteiger partial charge in [-0.1, -0.05) is 6.07 Å². The quantitative estimate of drug-likeness (QED) is 0.446. The molecule has 0 saturated carbocycles. The lowest BCUT2D eigenvalue weighted by Crippen LogP contribution is -2.27. The molecule has 0 fully saturated rings. The zero-order valence-corrected chi connectivity index (χ0v) is 19.9. The Labute approximate surface area is 198 Å². The maximum atomic E-state index is 12.4. The highest BCUT2D eigenvalue weighted by molar-refractivity contribution is 5.76. The van der Waals surface area contributed by atoms with Crippen LogP contribution in [0.2, 0.25) is 0 Å². The highest BCUT2D eigenvalue weighted by Gasteiger charge is 2.10. The average molecular weight is 467 g/mol. The number of carbonyl (C=O) groups is 1. The molecule has 2 aromatic carbocycles. The van der Waals surface area contributed by atoms with Crippen molar-refractivity contribution in [2.45, 2.75) is 39.2 Å². The molecule has 180 valence electrons. The second kappa shape index (κ2) is 11.8. The third-order valence-electron chi connectivity index (χ3n) is 5.04. The number of rotatable bonds is 11. The van der Waals surface area contributed by atoms with E-state index in [9.17, 15) is 9.59 Å². The number of H-pyrrole nitrogens is 1. The van der Waals surface area contributed by atoms with Gasteiger partial charge >= 0.3 is 0 Å². The number of hydrogen-bond acceptors (Lipinski definition) is 7. The van der Waals surface area contributed by atoms with E-state index in [4.69, 9.17) is 14.2 Å². The number of hydrogen-bond donors (Lipinski definition) is 2. The average Bonchev–Trinajstić information content (AvgIpc) is 2.83. The maximum Gasteiger partial charge on any atom is 0.273 e. The first kappa shape index (κ1) is 24.8. The number of methoxy groups -OCH3 is 2. The summed E-state index contributed by atoms with van der Waals surface area (Å²) in [6.07, 6.45) is 1.06. The Morgan fingerprint density at radius 2 is 1.74 bits per heavy atom. The van der Waals surface area contributed by atoms with Gasteiger partial charge in [-0.2, -0.15) is 0 Å². The van der Waals surface area contributed by atoms with Crippen molar-refractivity contribution in [2.24, 2.45) is 0 Å². The van der Waals surface area contributed by atoms with Gasteiger partial charge in [-0.3, -0.25) is 9.59 Å². The molecule has 0 aliphatic heterocycles. The molecule has 0 spiro atoms. The van der Waals surface area contributed by atoms with Gasteiger partial charge in [0.25, 0.3) is 5.56 Å². The van der Waals surface area contributed by atoms with Crippen LogP contribution in [0.1, 0.15) is 31.5 Å². The normalized spacial score (nSPS) is 10.7. The van der Waals surface area contributed by atoms with Crippen molar-refractivity contribution in [3.05, 3.63) is 64.1 Å². The fourth-order valence-corrected chi connectivity index (χ4v) is 3.32. The lowest BCUT2D eigenvalue weighted by Gasteiger charge is -2.10. The van der Waals surface area contributed by atoms with E-state index >= 15 is 0 Å². The molecule has 1 heterocycles. The van der Waals surface area contributed by atoms with Crippen LogP contribution in [0, 0.1) is 0 Å². The summed E-state index contributed by atoms with van der Waals surface area (Å²) in [6, 6.07) is 12.9. The molecule has 0 saturated heterocycles. The Morgan fingerprint density at radius 3 is 2.38 bits per heavy atom. The first-order valence-corrected chi connectivity index (χ1v) is 11.1. The molecule has 2 N–H and O–H groups in total. The van der Waals surface area contributed by atoms with E-state index in [-0.39, 0.29) is 36.1 Å². The van der Waals surface area contributed by atoms with E-state index in [0.29, 0.717) is 30.3 Å². The summed E-state index contributed by atoms with van der Waals surface area (Å²) >= 11 is 0. The van der Waals surface area contributed by atoms with Crippen LogP contribution < -0.4 is 25.1 Å². The smallest absolute Gasteiger partial charge is 0.273 e. The van der Waals surface area contributed by atoms with E-state index in [2.05, 4.69) is 20.5 Å². The summed E-state index contributed by atoms with van der Waals surface area (Å²) < 4.78 is 16.1. The molecule has 34 heavy (non-hydrogen) atoms. The summed E-state index contributed by atoms with van der Waals surface area (Å²) in [5, 5.41) is 11.0. The Kier molecular flexibility index (Phi) is 8.61. The molecule has 0 aliphatic rings. The van der Waals surface area contributed by atoms with Crippen LogP contribution in [0.15, 0.2) is 47.3 Å². The molecule has 3 aromatic rings. The number of ether oxygens (including phenoxy) is 3. The molecule has 0 bridgehead atoms. The molecule has 9 nitrogen and oxygen atoms in total. The predicted molar refractivity (Wildman–Crippen MR) is 128 cm³/mol. The topological polar surface area (TPSA) is 115 Å². The molecule has 1 aromatic heterocycles. The Balaban J connectivity index is 1.49. The molecule has 9 heteroatoms. The molecular formula is C25H30N4O5. The summed E-state index contributed by atoms with van der Waals surface area (Å²) in [5.41, 5.74) is 1.60. The van der Waals surface area contributed by atoms with Crippen molar-refractivity contribution < 1.29 is 19.0 Å². The number of carbonyl (C=O) groups excluding carboxylic acids is 1. The molecule has 0 atom stereocenters. The van der Waals surface area contributed by atoms with E-state index < -0.39 is 0 Å². The van der Waals surface area contributed by atoms with Crippen LogP contribution in [-0.2, 0) is 17.6 Å². The van der Waals surface area contributed by atoms with Gasteiger partial charge in [0.05, 0.1) is 20.3 Å². The molecule has 0 aliphatic carbocycles. The minimum absolute atomic E-state index is 0.0768. The summed E-state index contributed by atoms with van der Waals surface area (Å²) in [5.74, 6) is 2.25. The zero-order valence-electron chi connectivity index (χ0n) is 19.9. The van der Waals surface area contributed by atoms with Crippen molar-refractivity contribution in [1.82, 2.24) is 20.5 Å². The summed E-state index contributed by atoms with van der Waals surface area (Å²) in [6.45, 7) is 4.37. The minimum atomic E-state index is -0.356. The van der Waals surface area contributed by atoms with Gasteiger partial charge < -0.3 is 24.5 Å². The van der Waals surface area contributed by atoms with Gasteiger partial charge in [0, 0.05) is 24.9 Å². The number of aromatic amines is 1. The Hall–Kier alpha value is -3.88. The Bertz CT molecular complexity index is 1160.